The lowest BCUT2D eigenvalue weighted by Crippen LogP contribution is -2.47. The summed E-state index contributed by atoms with van der Waals surface area (Å²) in [4.78, 5) is 15.6. The molecule has 4 atom stereocenters. The van der Waals surface area contributed by atoms with Crippen molar-refractivity contribution >= 4 is 33.4 Å². The molecular formula is C31H42ClN3O5S. The highest BCUT2D eigenvalue weighted by atomic mass is 35.5. The number of halogens is 1. The van der Waals surface area contributed by atoms with E-state index in [2.05, 4.69) is 9.62 Å². The number of benzene rings is 2. The van der Waals surface area contributed by atoms with Crippen molar-refractivity contribution in [3.8, 4) is 5.75 Å². The van der Waals surface area contributed by atoms with E-state index in [0.717, 1.165) is 62.9 Å². The third-order valence-corrected chi connectivity index (χ3v) is 11.0. The maximum Gasteiger partial charge on any atom is 0.304 e. The number of nitrogens with one attached hydrogen (secondary N) is 1. The Morgan fingerprint density at radius 3 is 2.63 bits per heavy atom. The van der Waals surface area contributed by atoms with Crippen LogP contribution in [0.3, 0.4) is 0 Å². The van der Waals surface area contributed by atoms with Crippen LogP contribution in [0.15, 0.2) is 36.4 Å². The van der Waals surface area contributed by atoms with Crippen LogP contribution in [0.4, 0.5) is 5.69 Å². The number of aliphatic hydroxyl groups excluding tert-OH is 1. The molecule has 2 aliphatic heterocycles. The van der Waals surface area contributed by atoms with E-state index in [1.165, 1.54) is 9.87 Å². The number of nitrogens with zero attached hydrogens (tertiary/aromatic N) is 2. The molecular weight excluding hydrogens is 562 g/mol. The molecule has 0 saturated heterocycles. The Labute approximate surface area is 249 Å². The molecule has 3 aliphatic rings. The Morgan fingerprint density at radius 1 is 1.05 bits per heavy atom. The van der Waals surface area contributed by atoms with Crippen LogP contribution in [-0.4, -0.2) is 55.5 Å². The van der Waals surface area contributed by atoms with Crippen LogP contribution in [0.1, 0.15) is 80.3 Å². The van der Waals surface area contributed by atoms with Gasteiger partial charge in [-0.25, -0.2) is 4.72 Å². The number of hydrogen-bond donors (Lipinski definition) is 2. The highest BCUT2D eigenvalue weighted by Crippen LogP contribution is 2.41. The van der Waals surface area contributed by atoms with Crippen molar-refractivity contribution in [1.82, 2.24) is 9.03 Å². The summed E-state index contributed by atoms with van der Waals surface area (Å²) in [5.74, 6) is 0.546. The van der Waals surface area contributed by atoms with E-state index in [1.54, 1.807) is 25.1 Å². The van der Waals surface area contributed by atoms with Crippen molar-refractivity contribution in [3.05, 3.63) is 58.1 Å². The smallest absolute Gasteiger partial charge is 0.304 e. The zero-order valence-corrected chi connectivity index (χ0v) is 25.6. The van der Waals surface area contributed by atoms with E-state index < -0.39 is 22.2 Å². The van der Waals surface area contributed by atoms with Crippen LogP contribution < -0.4 is 14.4 Å². The monoisotopic (exact) mass is 603 g/mol. The second-order valence-corrected chi connectivity index (χ2v) is 13.8. The van der Waals surface area contributed by atoms with E-state index in [1.807, 2.05) is 25.1 Å². The highest BCUT2D eigenvalue weighted by molar-refractivity contribution is 7.87. The van der Waals surface area contributed by atoms with Crippen molar-refractivity contribution in [3.63, 3.8) is 0 Å². The lowest BCUT2D eigenvalue weighted by molar-refractivity contribution is 0.00880. The first kappa shape index (κ1) is 30.1. The number of hydrogen-bond acceptors (Lipinski definition) is 6. The minimum absolute atomic E-state index is 0.213. The van der Waals surface area contributed by atoms with Crippen molar-refractivity contribution in [2.24, 2.45) is 11.8 Å². The van der Waals surface area contributed by atoms with E-state index in [0.29, 0.717) is 36.1 Å². The number of anilines is 1. The summed E-state index contributed by atoms with van der Waals surface area (Å²) in [5.41, 5.74) is 3.30. The average Bonchev–Trinajstić information content (AvgIpc) is 2.93. The van der Waals surface area contributed by atoms with Crippen molar-refractivity contribution < 1.29 is 23.1 Å². The van der Waals surface area contributed by atoms with Crippen LogP contribution in [-0.2, 0) is 23.2 Å². The first-order chi connectivity index (χ1) is 19.7. The Bertz CT molecular complexity index is 1350. The largest absolute Gasteiger partial charge is 0.487 e. The minimum Gasteiger partial charge on any atom is -0.487 e. The second kappa shape index (κ2) is 12.9. The Balaban J connectivity index is 1.53. The first-order valence-electron chi connectivity index (χ1n) is 15.0. The average molecular weight is 604 g/mol. The second-order valence-electron chi connectivity index (χ2n) is 11.8. The van der Waals surface area contributed by atoms with Crippen molar-refractivity contribution in [2.45, 2.75) is 84.0 Å². The van der Waals surface area contributed by atoms with Gasteiger partial charge in [0.1, 0.15) is 12.4 Å². The Hall–Kier alpha value is -2.33. The summed E-state index contributed by atoms with van der Waals surface area (Å²) in [6.45, 7) is 5.75. The molecule has 1 aliphatic carbocycles. The predicted octanol–water partition coefficient (Wildman–Crippen LogP) is 5.32. The summed E-state index contributed by atoms with van der Waals surface area (Å²) in [5, 5.41) is 11.8. The fourth-order valence-corrected chi connectivity index (χ4v) is 8.21. The summed E-state index contributed by atoms with van der Waals surface area (Å²) >= 11 is 6.30. The number of rotatable bonds is 1. The van der Waals surface area contributed by atoms with Gasteiger partial charge in [-0.3, -0.25) is 4.79 Å². The zero-order valence-electron chi connectivity index (χ0n) is 24.0. The SMILES string of the molecule is CCN1[C@H](C)CCCC(O)[C@@H]2CC[C@H]2CN2CCCCc3cc(Cl)ccc3COc3ccc(cc32)C(=O)NS1(=O)=O. The van der Waals surface area contributed by atoms with Crippen LogP contribution in [0.25, 0.3) is 0 Å². The quantitative estimate of drug-likeness (QED) is 0.458. The molecule has 224 valence electrons. The van der Waals surface area contributed by atoms with Crippen LogP contribution in [0.5, 0.6) is 5.75 Å². The number of carbonyl (C=O) groups excluding carboxylic acids is 1. The lowest BCUT2D eigenvalue weighted by Gasteiger charge is -2.43. The number of amides is 1. The molecule has 1 amide bonds. The van der Waals surface area contributed by atoms with Gasteiger partial charge in [0.2, 0.25) is 0 Å². The Kier molecular flexibility index (Phi) is 9.48. The topological polar surface area (TPSA) is 99.2 Å². The molecule has 0 spiro atoms. The molecule has 1 unspecified atom stereocenters. The Morgan fingerprint density at radius 2 is 1.88 bits per heavy atom. The van der Waals surface area contributed by atoms with Gasteiger partial charge in [-0.15, -0.1) is 0 Å². The summed E-state index contributed by atoms with van der Waals surface area (Å²) < 4.78 is 36.6. The standard InChI is InChI=1S/C31H42ClN3O5S/c1-3-35-21(2)7-6-9-29(36)27-14-11-24(27)19-34-16-5-4-8-22-17-26(32)13-10-25(22)20-40-30-15-12-23(18-28(30)34)31(37)33-41(35,38)39/h10,12-13,15,17-18,21,24,27,29,36H,3-9,11,14,16,19-20H2,1-2H3,(H,33,37)/t21-,24+,27-,29?/m1/s1. The van der Waals surface area contributed by atoms with Crippen molar-refractivity contribution in [1.29, 1.82) is 0 Å². The molecule has 5 rings (SSSR count). The maximum absolute atomic E-state index is 13.4. The van der Waals surface area contributed by atoms with Crippen LogP contribution >= 0.6 is 11.6 Å². The maximum atomic E-state index is 13.4. The molecule has 1 saturated carbocycles. The number of aliphatic hydroxyl groups is 1. The molecule has 2 heterocycles. The minimum atomic E-state index is -4.05. The number of ether oxygens (including phenoxy) is 1. The van der Waals surface area contributed by atoms with Gasteiger partial charge >= 0.3 is 10.2 Å². The third kappa shape index (κ3) is 6.85. The van der Waals surface area contributed by atoms with Gasteiger partial charge < -0.3 is 14.7 Å². The third-order valence-electron chi connectivity index (χ3n) is 9.12. The van der Waals surface area contributed by atoms with Crippen LogP contribution in [0.2, 0.25) is 5.02 Å². The molecule has 2 aromatic carbocycles. The van der Waals surface area contributed by atoms with Gasteiger partial charge in [-0.05, 0) is 112 Å². The fourth-order valence-electron chi connectivity index (χ4n) is 6.62. The predicted molar refractivity (Wildman–Crippen MR) is 162 cm³/mol. The van der Waals surface area contributed by atoms with E-state index in [4.69, 9.17) is 16.3 Å². The van der Waals surface area contributed by atoms with Crippen LogP contribution in [0, 0.1) is 11.8 Å². The van der Waals surface area contributed by atoms with Gasteiger partial charge in [-0.2, -0.15) is 12.7 Å². The number of carbonyl (C=O) groups is 1. The van der Waals surface area contributed by atoms with E-state index >= 15 is 0 Å². The van der Waals surface area contributed by atoms with Gasteiger partial charge in [-0.1, -0.05) is 24.6 Å². The highest BCUT2D eigenvalue weighted by Gasteiger charge is 2.38. The molecule has 0 radical (unpaired) electrons. The van der Waals surface area contributed by atoms with E-state index in [-0.39, 0.29) is 24.1 Å². The van der Waals surface area contributed by atoms with Crippen molar-refractivity contribution in [2.75, 3.05) is 24.5 Å². The molecule has 2 N–H and O–H groups in total. The van der Waals surface area contributed by atoms with E-state index in [9.17, 15) is 18.3 Å². The summed E-state index contributed by atoms with van der Waals surface area (Å²) in [7, 11) is -4.05. The number of aryl methyl sites for hydroxylation is 1. The summed E-state index contributed by atoms with van der Waals surface area (Å²) in [6.07, 6.45) is 6.41. The molecule has 1 fully saturated rings. The first-order valence-corrected chi connectivity index (χ1v) is 16.8. The zero-order chi connectivity index (χ0) is 29.1. The molecule has 0 aromatic heterocycles. The van der Waals surface area contributed by atoms with Gasteiger partial charge in [0.05, 0.1) is 11.8 Å². The molecule has 2 aromatic rings. The van der Waals surface area contributed by atoms with Gasteiger partial charge in [0.15, 0.2) is 0 Å². The van der Waals surface area contributed by atoms with Gasteiger partial charge in [0, 0.05) is 36.3 Å². The molecule has 41 heavy (non-hydrogen) atoms. The lowest BCUT2D eigenvalue weighted by atomic mass is 9.69. The molecule has 10 heteroatoms. The molecule has 8 nitrogen and oxygen atoms in total. The number of fused-ring (bicyclic) bond motifs is 3. The summed E-state index contributed by atoms with van der Waals surface area (Å²) in [6, 6.07) is 10.8. The normalized spacial score (nSPS) is 27.7. The fraction of sp³-hybridized carbons (Fsp3) is 0.581. The van der Waals surface area contributed by atoms with Gasteiger partial charge in [0.25, 0.3) is 5.91 Å². The molecule has 2 bridgehead atoms.